The molecular weight excluding hydrogens is 190 g/mol. The summed E-state index contributed by atoms with van der Waals surface area (Å²) in [5, 5.41) is 2.62. The van der Waals surface area contributed by atoms with Gasteiger partial charge in [-0.1, -0.05) is 6.42 Å². The van der Waals surface area contributed by atoms with E-state index in [2.05, 4.69) is 5.32 Å². The summed E-state index contributed by atoms with van der Waals surface area (Å²) in [5.74, 6) is 0.181. The molecule has 0 heterocycles. The third-order valence-electron chi connectivity index (χ3n) is 2.25. The third kappa shape index (κ3) is 3.76. The molecule has 1 rings (SSSR count). The highest BCUT2D eigenvalue weighted by molar-refractivity contribution is 7.90. The molecule has 1 fully saturated rings. The topological polar surface area (TPSA) is 63.2 Å². The maximum absolute atomic E-state index is 11.2. The van der Waals surface area contributed by atoms with Crippen molar-refractivity contribution < 1.29 is 13.2 Å². The van der Waals surface area contributed by atoms with Crippen LogP contribution in [0, 0.1) is 5.92 Å². The first-order valence-electron chi connectivity index (χ1n) is 4.44. The van der Waals surface area contributed by atoms with Crippen LogP contribution in [0.15, 0.2) is 0 Å². The van der Waals surface area contributed by atoms with Crippen LogP contribution in [0.2, 0.25) is 0 Å². The quantitative estimate of drug-likeness (QED) is 0.699. The minimum atomic E-state index is -2.95. The third-order valence-corrected chi connectivity index (χ3v) is 3.19. The van der Waals surface area contributed by atoms with Crippen molar-refractivity contribution in [1.29, 1.82) is 0 Å². The molecule has 4 nitrogen and oxygen atoms in total. The van der Waals surface area contributed by atoms with Gasteiger partial charge in [0.05, 0.1) is 5.75 Å². The predicted octanol–water partition coefficient (Wildman–Crippen LogP) is -0.0527. The first-order chi connectivity index (χ1) is 5.99. The van der Waals surface area contributed by atoms with Crippen molar-refractivity contribution in [3.8, 4) is 0 Å². The molecule has 1 N–H and O–H groups in total. The predicted molar refractivity (Wildman–Crippen MR) is 50.1 cm³/mol. The van der Waals surface area contributed by atoms with E-state index in [0.29, 0.717) is 0 Å². The smallest absolute Gasteiger partial charge is 0.223 e. The van der Waals surface area contributed by atoms with Crippen LogP contribution in [0.4, 0.5) is 0 Å². The number of hydrogen-bond acceptors (Lipinski definition) is 3. The SMILES string of the molecule is CS(=O)(=O)CCNC(=O)C1CCC1. The van der Waals surface area contributed by atoms with Crippen molar-refractivity contribution in [2.75, 3.05) is 18.6 Å². The highest BCUT2D eigenvalue weighted by atomic mass is 32.2. The molecule has 0 spiro atoms. The Morgan fingerprint density at radius 1 is 1.46 bits per heavy atom. The average Bonchev–Trinajstić information content (AvgIpc) is 1.79. The van der Waals surface area contributed by atoms with Gasteiger partial charge >= 0.3 is 0 Å². The van der Waals surface area contributed by atoms with Crippen molar-refractivity contribution in [3.63, 3.8) is 0 Å². The molecule has 13 heavy (non-hydrogen) atoms. The van der Waals surface area contributed by atoms with E-state index in [0.717, 1.165) is 19.3 Å². The maximum Gasteiger partial charge on any atom is 0.223 e. The summed E-state index contributed by atoms with van der Waals surface area (Å²) in [5.41, 5.74) is 0. The van der Waals surface area contributed by atoms with Gasteiger partial charge in [-0.3, -0.25) is 4.79 Å². The monoisotopic (exact) mass is 205 g/mol. The highest BCUT2D eigenvalue weighted by Gasteiger charge is 2.24. The summed E-state index contributed by atoms with van der Waals surface area (Å²) in [7, 11) is -2.95. The number of nitrogens with one attached hydrogen (secondary N) is 1. The minimum absolute atomic E-state index is 0.00917. The second kappa shape index (κ2) is 4.09. The normalized spacial score (nSPS) is 17.9. The van der Waals surface area contributed by atoms with Crippen LogP contribution in [-0.2, 0) is 14.6 Å². The Hall–Kier alpha value is -0.580. The van der Waals surface area contributed by atoms with Gasteiger partial charge in [0.2, 0.25) is 5.91 Å². The van der Waals surface area contributed by atoms with Crippen LogP contribution < -0.4 is 5.32 Å². The van der Waals surface area contributed by atoms with Gasteiger partial charge in [0.25, 0.3) is 0 Å². The zero-order valence-electron chi connectivity index (χ0n) is 7.75. The van der Waals surface area contributed by atoms with Crippen molar-refractivity contribution in [1.82, 2.24) is 5.32 Å². The lowest BCUT2D eigenvalue weighted by Gasteiger charge is -2.23. The molecule has 0 unspecified atom stereocenters. The second-order valence-electron chi connectivity index (χ2n) is 3.55. The van der Waals surface area contributed by atoms with E-state index in [1.54, 1.807) is 0 Å². The number of amides is 1. The summed E-state index contributed by atoms with van der Waals surface area (Å²) in [6, 6.07) is 0. The Morgan fingerprint density at radius 2 is 2.08 bits per heavy atom. The summed E-state index contributed by atoms with van der Waals surface area (Å²) in [6.07, 6.45) is 4.18. The van der Waals surface area contributed by atoms with E-state index >= 15 is 0 Å². The molecule has 0 radical (unpaired) electrons. The summed E-state index contributed by atoms with van der Waals surface area (Å²) in [6.45, 7) is 0.244. The fourth-order valence-electron chi connectivity index (χ4n) is 1.17. The molecule has 0 aromatic carbocycles. The first kappa shape index (κ1) is 10.5. The van der Waals surface area contributed by atoms with E-state index in [1.165, 1.54) is 6.26 Å². The number of carbonyl (C=O) groups excluding carboxylic acids is 1. The molecule has 1 amide bonds. The largest absolute Gasteiger partial charge is 0.355 e. The minimum Gasteiger partial charge on any atom is -0.355 e. The summed E-state index contributed by atoms with van der Waals surface area (Å²) < 4.78 is 21.4. The molecule has 0 saturated heterocycles. The molecular formula is C8H15NO3S. The number of hydrogen-bond donors (Lipinski definition) is 1. The Kier molecular flexibility index (Phi) is 3.30. The van der Waals surface area contributed by atoms with Gasteiger partial charge in [0, 0.05) is 18.7 Å². The molecule has 0 bridgehead atoms. The summed E-state index contributed by atoms with van der Waals surface area (Å²) >= 11 is 0. The van der Waals surface area contributed by atoms with Crippen LogP contribution >= 0.6 is 0 Å². The Balaban J connectivity index is 2.15. The number of sulfone groups is 1. The molecule has 76 valence electrons. The molecule has 0 aromatic heterocycles. The maximum atomic E-state index is 11.2. The second-order valence-corrected chi connectivity index (χ2v) is 5.81. The molecule has 5 heteroatoms. The molecule has 0 atom stereocenters. The van der Waals surface area contributed by atoms with Gasteiger partial charge < -0.3 is 5.32 Å². The van der Waals surface area contributed by atoms with E-state index in [-0.39, 0.29) is 24.1 Å². The molecule has 0 aromatic rings. The number of rotatable bonds is 4. The van der Waals surface area contributed by atoms with Crippen molar-refractivity contribution >= 4 is 15.7 Å². The zero-order valence-corrected chi connectivity index (χ0v) is 8.56. The van der Waals surface area contributed by atoms with Gasteiger partial charge in [-0.25, -0.2) is 8.42 Å². The summed E-state index contributed by atoms with van der Waals surface area (Å²) in [4.78, 5) is 11.2. The van der Waals surface area contributed by atoms with E-state index in [4.69, 9.17) is 0 Å². The van der Waals surface area contributed by atoms with Crippen LogP contribution in [-0.4, -0.2) is 32.9 Å². The highest BCUT2D eigenvalue weighted by Crippen LogP contribution is 2.25. The average molecular weight is 205 g/mol. The van der Waals surface area contributed by atoms with Crippen LogP contribution in [0.1, 0.15) is 19.3 Å². The van der Waals surface area contributed by atoms with Gasteiger partial charge in [-0.2, -0.15) is 0 Å². The van der Waals surface area contributed by atoms with Crippen molar-refractivity contribution in [2.24, 2.45) is 5.92 Å². The fraction of sp³-hybridized carbons (Fsp3) is 0.875. The lowest BCUT2D eigenvalue weighted by molar-refractivity contribution is -0.127. The van der Waals surface area contributed by atoms with Crippen LogP contribution in [0.25, 0.3) is 0 Å². The van der Waals surface area contributed by atoms with Crippen molar-refractivity contribution in [3.05, 3.63) is 0 Å². The fourth-order valence-corrected chi connectivity index (χ4v) is 1.65. The lowest BCUT2D eigenvalue weighted by atomic mass is 9.85. The number of carbonyl (C=O) groups is 1. The lowest BCUT2D eigenvalue weighted by Crippen LogP contribution is -2.36. The van der Waals surface area contributed by atoms with Crippen molar-refractivity contribution in [2.45, 2.75) is 19.3 Å². The van der Waals surface area contributed by atoms with Crippen LogP contribution in [0.5, 0.6) is 0 Å². The van der Waals surface area contributed by atoms with Gasteiger partial charge in [-0.15, -0.1) is 0 Å². The molecule has 1 aliphatic rings. The Labute approximate surface area is 78.6 Å². The Morgan fingerprint density at radius 3 is 2.46 bits per heavy atom. The van der Waals surface area contributed by atoms with E-state index < -0.39 is 9.84 Å². The molecule has 1 aliphatic carbocycles. The van der Waals surface area contributed by atoms with E-state index in [1.807, 2.05) is 0 Å². The molecule has 1 saturated carbocycles. The van der Waals surface area contributed by atoms with E-state index in [9.17, 15) is 13.2 Å². The zero-order chi connectivity index (χ0) is 9.90. The molecule has 0 aliphatic heterocycles. The van der Waals surface area contributed by atoms with Gasteiger partial charge in [0.1, 0.15) is 9.84 Å². The Bertz CT molecular complexity index is 280. The first-order valence-corrected chi connectivity index (χ1v) is 6.50. The van der Waals surface area contributed by atoms with Crippen LogP contribution in [0.3, 0.4) is 0 Å². The van der Waals surface area contributed by atoms with Gasteiger partial charge in [0.15, 0.2) is 0 Å². The standard InChI is InChI=1S/C8H15NO3S/c1-13(11,12)6-5-9-8(10)7-3-2-4-7/h7H,2-6H2,1H3,(H,9,10). The van der Waals surface area contributed by atoms with Gasteiger partial charge in [-0.05, 0) is 12.8 Å².